The molecule has 0 bridgehead atoms. The molecule has 8 nitrogen and oxygen atoms in total. The van der Waals surface area contributed by atoms with Gasteiger partial charge >= 0.3 is 11.9 Å². The van der Waals surface area contributed by atoms with Crippen LogP contribution in [0.2, 0.25) is 0 Å². The number of esters is 2. The maximum Gasteiger partial charge on any atom is 0.310 e. The lowest BCUT2D eigenvalue weighted by Gasteiger charge is -2.30. The van der Waals surface area contributed by atoms with E-state index in [1.54, 1.807) is 14.2 Å². The van der Waals surface area contributed by atoms with Crippen molar-refractivity contribution < 1.29 is 28.5 Å². The smallest absolute Gasteiger partial charge is 0.310 e. The van der Waals surface area contributed by atoms with Crippen molar-refractivity contribution in [2.24, 2.45) is 11.8 Å². The molecule has 0 aromatic rings. The van der Waals surface area contributed by atoms with Gasteiger partial charge in [0, 0.05) is 38.4 Å². The number of nitrogens with one attached hydrogen (secondary N) is 1. The molecule has 0 aromatic carbocycles. The van der Waals surface area contributed by atoms with Gasteiger partial charge in [0.2, 0.25) is 0 Å². The van der Waals surface area contributed by atoms with Gasteiger partial charge in [0.05, 0.1) is 39.3 Å². The Kier molecular flexibility index (Phi) is 9.14. The first-order chi connectivity index (χ1) is 12.6. The molecule has 158 valence electrons. The second kappa shape index (κ2) is 10.4. The Labute approximate surface area is 162 Å². The fourth-order valence-electron chi connectivity index (χ4n) is 3.93. The molecule has 2 rings (SSSR count). The maximum atomic E-state index is 11.4. The zero-order valence-electron chi connectivity index (χ0n) is 17.8. The summed E-state index contributed by atoms with van der Waals surface area (Å²) < 4.78 is 19.7. The van der Waals surface area contributed by atoms with Crippen molar-refractivity contribution in [3.05, 3.63) is 0 Å². The first-order valence-electron chi connectivity index (χ1n) is 9.24. The number of rotatable bonds is 6. The first-order valence-corrected chi connectivity index (χ1v) is 9.24. The molecule has 0 aliphatic carbocycles. The summed E-state index contributed by atoms with van der Waals surface area (Å²) in [6.07, 6.45) is 1.59. The van der Waals surface area contributed by atoms with Crippen molar-refractivity contribution in [1.82, 2.24) is 10.2 Å². The summed E-state index contributed by atoms with van der Waals surface area (Å²) in [5.41, 5.74) is -0.110. The zero-order valence-corrected chi connectivity index (χ0v) is 17.8. The van der Waals surface area contributed by atoms with Crippen LogP contribution in [0.1, 0.15) is 26.7 Å². The van der Waals surface area contributed by atoms with Gasteiger partial charge in [0.15, 0.2) is 0 Å². The Hall–Kier alpha value is -1.22. The van der Waals surface area contributed by atoms with Gasteiger partial charge in [-0.15, -0.1) is 0 Å². The molecule has 0 spiro atoms. The Balaban J connectivity index is 0.000000271. The number of hydrogen-bond acceptors (Lipinski definition) is 8. The number of carbonyl (C=O) groups excluding carboxylic acids is 2. The van der Waals surface area contributed by atoms with Crippen LogP contribution in [0.5, 0.6) is 0 Å². The van der Waals surface area contributed by atoms with Crippen LogP contribution < -0.4 is 5.32 Å². The van der Waals surface area contributed by atoms with Gasteiger partial charge in [-0.3, -0.25) is 14.5 Å². The van der Waals surface area contributed by atoms with Gasteiger partial charge < -0.3 is 24.3 Å². The van der Waals surface area contributed by atoms with Crippen molar-refractivity contribution in [3.8, 4) is 0 Å². The lowest BCUT2D eigenvalue weighted by molar-refractivity contribution is -0.145. The highest BCUT2D eigenvalue weighted by Crippen LogP contribution is 2.32. The highest BCUT2D eigenvalue weighted by atomic mass is 16.5. The first kappa shape index (κ1) is 23.8. The van der Waals surface area contributed by atoms with Gasteiger partial charge in [0.1, 0.15) is 0 Å². The minimum Gasteiger partial charge on any atom is -0.469 e. The number of nitrogens with zero attached hydrogens (tertiary/aromatic N) is 1. The molecule has 2 saturated heterocycles. The van der Waals surface area contributed by atoms with Crippen molar-refractivity contribution in [2.75, 3.05) is 61.8 Å². The molecule has 2 aliphatic rings. The molecule has 4 atom stereocenters. The summed E-state index contributed by atoms with van der Waals surface area (Å²) in [4.78, 5) is 24.7. The number of ether oxygens (including phenoxy) is 4. The van der Waals surface area contributed by atoms with E-state index in [9.17, 15) is 9.59 Å². The SMILES string of the molecule is COC[C@]1(C)C[C@H](C(=O)OC)CN1.COC[C@]1(C)C[C@H](C(=O)OC)CN1C. The van der Waals surface area contributed by atoms with Crippen LogP contribution in [0.3, 0.4) is 0 Å². The Morgan fingerprint density at radius 3 is 2.04 bits per heavy atom. The van der Waals surface area contributed by atoms with E-state index < -0.39 is 0 Å². The predicted molar refractivity (Wildman–Crippen MR) is 101 cm³/mol. The molecule has 2 fully saturated rings. The summed E-state index contributed by atoms with van der Waals surface area (Å²) >= 11 is 0. The monoisotopic (exact) mass is 388 g/mol. The minimum absolute atomic E-state index is 0.00912. The average Bonchev–Trinajstić information content (AvgIpc) is 3.15. The normalized spacial score (nSPS) is 33.3. The molecular formula is C19H36N2O6. The quantitative estimate of drug-likeness (QED) is 0.665. The summed E-state index contributed by atoms with van der Waals surface area (Å²) in [6.45, 7) is 6.88. The second-order valence-corrected chi connectivity index (χ2v) is 8.03. The van der Waals surface area contributed by atoms with Crippen LogP contribution in [0, 0.1) is 11.8 Å². The fourth-order valence-corrected chi connectivity index (χ4v) is 3.93. The number of carbonyl (C=O) groups is 2. The van der Waals surface area contributed by atoms with E-state index in [0.29, 0.717) is 19.8 Å². The maximum absolute atomic E-state index is 11.4. The molecule has 1 N–H and O–H groups in total. The van der Waals surface area contributed by atoms with E-state index in [0.717, 1.165) is 19.4 Å². The van der Waals surface area contributed by atoms with E-state index >= 15 is 0 Å². The Morgan fingerprint density at radius 1 is 0.963 bits per heavy atom. The Bertz CT molecular complexity index is 503. The van der Waals surface area contributed by atoms with Gasteiger partial charge in [-0.05, 0) is 33.7 Å². The highest BCUT2D eigenvalue weighted by molar-refractivity contribution is 5.73. The van der Waals surface area contributed by atoms with Crippen LogP contribution >= 0.6 is 0 Å². The molecule has 0 unspecified atom stereocenters. The topological polar surface area (TPSA) is 86.3 Å². The van der Waals surface area contributed by atoms with Gasteiger partial charge in [-0.1, -0.05) is 0 Å². The van der Waals surface area contributed by atoms with E-state index in [-0.39, 0.29) is 34.9 Å². The summed E-state index contributed by atoms with van der Waals surface area (Å²) in [5.74, 6) is -0.278. The molecule has 0 amide bonds. The predicted octanol–water partition coefficient (Wildman–Crippen LogP) is 0.690. The van der Waals surface area contributed by atoms with Crippen molar-refractivity contribution in [3.63, 3.8) is 0 Å². The number of likely N-dealkylation sites (N-methyl/N-ethyl adjacent to an activating group) is 1. The molecule has 2 heterocycles. The summed E-state index contributed by atoms with van der Waals surface area (Å²) in [7, 11) is 8.23. The van der Waals surface area contributed by atoms with Crippen molar-refractivity contribution in [2.45, 2.75) is 37.8 Å². The lowest BCUT2D eigenvalue weighted by Crippen LogP contribution is -2.42. The van der Waals surface area contributed by atoms with E-state index in [1.807, 2.05) is 7.05 Å². The molecule has 0 saturated carbocycles. The number of hydrogen-bond donors (Lipinski definition) is 1. The van der Waals surface area contributed by atoms with Gasteiger partial charge in [-0.25, -0.2) is 0 Å². The van der Waals surface area contributed by atoms with E-state index in [1.165, 1.54) is 14.2 Å². The van der Waals surface area contributed by atoms with Crippen LogP contribution in [-0.4, -0.2) is 89.7 Å². The minimum atomic E-state index is -0.132. The van der Waals surface area contributed by atoms with Crippen LogP contribution in [0.4, 0.5) is 0 Å². The molecular weight excluding hydrogens is 352 g/mol. The van der Waals surface area contributed by atoms with Crippen LogP contribution in [0.25, 0.3) is 0 Å². The molecule has 0 aromatic heterocycles. The third kappa shape index (κ3) is 6.41. The van der Waals surface area contributed by atoms with Crippen LogP contribution in [0.15, 0.2) is 0 Å². The average molecular weight is 389 g/mol. The molecule has 2 aliphatic heterocycles. The molecule has 8 heteroatoms. The van der Waals surface area contributed by atoms with Crippen LogP contribution in [-0.2, 0) is 28.5 Å². The lowest BCUT2D eigenvalue weighted by atomic mass is 9.95. The standard InChI is InChI=1S/C10H19NO3.C9H17NO3/c1-10(7-13-3)5-8(6-11(10)2)9(12)14-4;1-9(6-12-2)4-7(5-10-9)8(11)13-3/h8H,5-7H2,1-4H3;7,10H,4-6H2,1-3H3/t8-,10-;7-,9-/m00/s1. The fraction of sp³-hybridized carbons (Fsp3) is 0.895. The van der Waals surface area contributed by atoms with Gasteiger partial charge in [0.25, 0.3) is 0 Å². The number of likely N-dealkylation sites (tertiary alicyclic amines) is 1. The third-order valence-corrected chi connectivity index (χ3v) is 5.56. The molecule has 0 radical (unpaired) electrons. The van der Waals surface area contributed by atoms with Crippen molar-refractivity contribution >= 4 is 11.9 Å². The van der Waals surface area contributed by atoms with E-state index in [4.69, 9.17) is 14.2 Å². The number of methoxy groups -OCH3 is 4. The zero-order chi connectivity index (χ0) is 20.7. The third-order valence-electron chi connectivity index (χ3n) is 5.56. The summed E-state index contributed by atoms with van der Waals surface area (Å²) in [6, 6.07) is 0. The van der Waals surface area contributed by atoms with Crippen molar-refractivity contribution in [1.29, 1.82) is 0 Å². The largest absolute Gasteiger partial charge is 0.469 e. The molecule has 27 heavy (non-hydrogen) atoms. The van der Waals surface area contributed by atoms with E-state index in [2.05, 4.69) is 28.8 Å². The van der Waals surface area contributed by atoms with Gasteiger partial charge in [-0.2, -0.15) is 0 Å². The highest BCUT2D eigenvalue weighted by Gasteiger charge is 2.43. The second-order valence-electron chi connectivity index (χ2n) is 8.03. The summed E-state index contributed by atoms with van der Waals surface area (Å²) in [5, 5.41) is 3.27. The Morgan fingerprint density at radius 2 is 1.52 bits per heavy atom.